The van der Waals surface area contributed by atoms with E-state index in [1.165, 1.54) is 77.0 Å². The van der Waals surface area contributed by atoms with E-state index in [9.17, 15) is 14.7 Å². The molecule has 2 aromatic carbocycles. The van der Waals surface area contributed by atoms with Gasteiger partial charge in [-0.25, -0.2) is 5.48 Å². The second-order valence-electron chi connectivity index (χ2n) is 14.3. The van der Waals surface area contributed by atoms with Gasteiger partial charge in [-0.2, -0.15) is 0 Å². The van der Waals surface area contributed by atoms with Crippen molar-refractivity contribution in [2.45, 2.75) is 161 Å². The van der Waals surface area contributed by atoms with Crippen LogP contribution < -0.4 is 10.8 Å². The number of aliphatic hydroxyl groups is 1. The number of nitrogens with zero attached hydrogens (tertiary/aromatic N) is 1. The third-order valence-corrected chi connectivity index (χ3v) is 9.88. The van der Waals surface area contributed by atoms with Crippen molar-refractivity contribution in [1.29, 1.82) is 0 Å². The lowest BCUT2D eigenvalue weighted by atomic mass is 9.99. The molecule has 0 saturated carbocycles. The summed E-state index contributed by atoms with van der Waals surface area (Å²) >= 11 is 0. The lowest BCUT2D eigenvalue weighted by Gasteiger charge is -2.38. The van der Waals surface area contributed by atoms with E-state index in [0.717, 1.165) is 67.7 Å². The van der Waals surface area contributed by atoms with Crippen LogP contribution in [0.15, 0.2) is 48.5 Å². The Labute approximate surface area is 307 Å². The molecule has 1 saturated heterocycles. The summed E-state index contributed by atoms with van der Waals surface area (Å²) in [7, 11) is 0. The first kappa shape index (κ1) is 42.6. The number of benzene rings is 2. The van der Waals surface area contributed by atoms with Gasteiger partial charge in [-0.1, -0.05) is 127 Å². The fraction of sp³-hybridized carbons (Fsp3) is 0.667. The first-order valence-corrected chi connectivity index (χ1v) is 20.0. The molecule has 0 aromatic heterocycles. The molecule has 51 heavy (non-hydrogen) atoms. The van der Waals surface area contributed by atoms with Crippen molar-refractivity contribution in [3.05, 3.63) is 65.2 Å². The van der Waals surface area contributed by atoms with Crippen molar-refractivity contribution >= 4 is 17.5 Å². The molecule has 3 rings (SSSR count). The standard InChI is InChI=1S/C42H67N3O6/c1-3-5-7-9-13-17-29-45(30-18-14-10-8-6-4-2)32-38-31-39(35-23-21-34(33-46)22-24-35)51-42(50-38)36-25-27-37(28-26-36)43-40(47)19-15-11-12-16-20-41(48)44-49/h21-28,38-39,42,46,49H,3-20,29-33H2,1-2H3,(H,43,47)(H,44,48)/t38-,39+,42+/m1/s1. The van der Waals surface area contributed by atoms with Gasteiger partial charge in [0.15, 0.2) is 6.29 Å². The highest BCUT2D eigenvalue weighted by Gasteiger charge is 2.33. The van der Waals surface area contributed by atoms with Crippen LogP contribution in [0.3, 0.4) is 0 Å². The van der Waals surface area contributed by atoms with E-state index in [0.29, 0.717) is 12.8 Å². The molecule has 0 spiro atoms. The van der Waals surface area contributed by atoms with E-state index in [2.05, 4.69) is 36.2 Å². The highest BCUT2D eigenvalue weighted by molar-refractivity contribution is 5.90. The molecule has 0 bridgehead atoms. The molecule has 0 radical (unpaired) electrons. The maximum Gasteiger partial charge on any atom is 0.243 e. The van der Waals surface area contributed by atoms with Gasteiger partial charge < -0.3 is 24.8 Å². The molecule has 2 amide bonds. The Morgan fingerprint density at radius 3 is 1.78 bits per heavy atom. The van der Waals surface area contributed by atoms with Crippen molar-refractivity contribution in [2.24, 2.45) is 0 Å². The minimum atomic E-state index is -0.533. The molecule has 2 aromatic rings. The van der Waals surface area contributed by atoms with Gasteiger partial charge in [-0.3, -0.25) is 14.8 Å². The number of hydrogen-bond donors (Lipinski definition) is 4. The van der Waals surface area contributed by atoms with Crippen molar-refractivity contribution in [3.63, 3.8) is 0 Å². The van der Waals surface area contributed by atoms with Gasteiger partial charge in [0.1, 0.15) is 0 Å². The maximum atomic E-state index is 12.6. The van der Waals surface area contributed by atoms with Crippen molar-refractivity contribution in [2.75, 3.05) is 25.0 Å². The van der Waals surface area contributed by atoms with Crippen molar-refractivity contribution in [3.8, 4) is 0 Å². The van der Waals surface area contributed by atoms with Gasteiger partial charge in [0.2, 0.25) is 11.8 Å². The fourth-order valence-electron chi connectivity index (χ4n) is 6.77. The van der Waals surface area contributed by atoms with E-state index in [4.69, 9.17) is 14.7 Å². The molecule has 1 aliphatic rings. The summed E-state index contributed by atoms with van der Waals surface area (Å²) in [5, 5.41) is 21.2. The molecule has 0 aliphatic carbocycles. The Hall–Kier alpha value is -2.82. The topological polar surface area (TPSA) is 120 Å². The summed E-state index contributed by atoms with van der Waals surface area (Å²) in [5.41, 5.74) is 5.27. The van der Waals surface area contributed by atoms with E-state index >= 15 is 0 Å². The monoisotopic (exact) mass is 710 g/mol. The molecule has 1 heterocycles. The van der Waals surface area contributed by atoms with Crippen LogP contribution in [-0.4, -0.2) is 52.8 Å². The molecular weight excluding hydrogens is 642 g/mol. The molecule has 1 aliphatic heterocycles. The van der Waals surface area contributed by atoms with Gasteiger partial charge in [-0.15, -0.1) is 0 Å². The molecule has 9 nitrogen and oxygen atoms in total. The summed E-state index contributed by atoms with van der Waals surface area (Å²) < 4.78 is 13.3. The Morgan fingerprint density at radius 2 is 1.22 bits per heavy atom. The Morgan fingerprint density at radius 1 is 0.686 bits per heavy atom. The Balaban J connectivity index is 1.63. The van der Waals surface area contributed by atoms with Crippen molar-refractivity contribution < 1.29 is 29.4 Å². The smallest absolute Gasteiger partial charge is 0.243 e. The Kier molecular flexibility index (Phi) is 21.7. The number of hydroxylamine groups is 1. The van der Waals surface area contributed by atoms with Crippen LogP contribution in [0.4, 0.5) is 5.69 Å². The van der Waals surface area contributed by atoms with Crippen LogP contribution in [0.5, 0.6) is 0 Å². The summed E-state index contributed by atoms with van der Waals surface area (Å²) in [6.07, 6.45) is 19.4. The third-order valence-electron chi connectivity index (χ3n) is 9.88. The molecular formula is C42H67N3O6. The number of anilines is 1. The Bertz CT molecular complexity index is 1190. The molecule has 1 fully saturated rings. The van der Waals surface area contributed by atoms with Gasteiger partial charge >= 0.3 is 0 Å². The fourth-order valence-corrected chi connectivity index (χ4v) is 6.77. The number of amides is 2. The predicted octanol–water partition coefficient (Wildman–Crippen LogP) is 9.53. The number of hydrogen-bond acceptors (Lipinski definition) is 7. The zero-order valence-electron chi connectivity index (χ0n) is 31.6. The zero-order valence-corrected chi connectivity index (χ0v) is 31.6. The number of carbonyl (C=O) groups is 2. The van der Waals surface area contributed by atoms with Gasteiger partial charge in [0.05, 0.1) is 18.8 Å². The number of ether oxygens (including phenoxy) is 2. The van der Waals surface area contributed by atoms with Gasteiger partial charge in [-0.05, 0) is 62.0 Å². The second kappa shape index (κ2) is 26.0. The number of unbranched alkanes of at least 4 members (excludes halogenated alkanes) is 13. The summed E-state index contributed by atoms with van der Waals surface area (Å²) in [6, 6.07) is 15.8. The minimum absolute atomic E-state index is 0.00357. The van der Waals surface area contributed by atoms with Crippen LogP contribution in [-0.2, 0) is 25.7 Å². The molecule has 9 heteroatoms. The minimum Gasteiger partial charge on any atom is -0.392 e. The van der Waals surface area contributed by atoms with Crippen LogP contribution >= 0.6 is 0 Å². The van der Waals surface area contributed by atoms with Crippen LogP contribution in [0.2, 0.25) is 0 Å². The predicted molar refractivity (Wildman–Crippen MR) is 204 cm³/mol. The summed E-state index contributed by atoms with van der Waals surface area (Å²) in [4.78, 5) is 26.3. The van der Waals surface area contributed by atoms with Gasteiger partial charge in [0, 0.05) is 37.1 Å². The van der Waals surface area contributed by atoms with E-state index < -0.39 is 6.29 Å². The highest BCUT2D eigenvalue weighted by Crippen LogP contribution is 2.38. The first-order valence-electron chi connectivity index (χ1n) is 20.0. The molecule has 286 valence electrons. The zero-order chi connectivity index (χ0) is 36.5. The average molecular weight is 710 g/mol. The lowest BCUT2D eigenvalue weighted by Crippen LogP contribution is -2.40. The van der Waals surface area contributed by atoms with Crippen LogP contribution in [0.25, 0.3) is 0 Å². The number of nitrogens with one attached hydrogen (secondary N) is 2. The van der Waals surface area contributed by atoms with E-state index in [-0.39, 0.29) is 37.0 Å². The normalized spacial score (nSPS) is 17.5. The summed E-state index contributed by atoms with van der Waals surface area (Å²) in [5.74, 6) is -0.416. The lowest BCUT2D eigenvalue weighted by molar-refractivity contribution is -0.253. The van der Waals surface area contributed by atoms with Crippen molar-refractivity contribution in [1.82, 2.24) is 10.4 Å². The third kappa shape index (κ3) is 17.5. The number of aliphatic hydroxyl groups excluding tert-OH is 1. The molecule has 0 unspecified atom stereocenters. The molecule has 3 atom stereocenters. The largest absolute Gasteiger partial charge is 0.392 e. The highest BCUT2D eigenvalue weighted by atomic mass is 16.7. The van der Waals surface area contributed by atoms with Crippen LogP contribution in [0.1, 0.15) is 165 Å². The van der Waals surface area contributed by atoms with E-state index in [1.807, 2.05) is 36.4 Å². The molecule has 4 N–H and O–H groups in total. The average Bonchev–Trinajstić information content (AvgIpc) is 3.15. The summed E-state index contributed by atoms with van der Waals surface area (Å²) in [6.45, 7) is 7.61. The quantitative estimate of drug-likeness (QED) is 0.0414. The SMILES string of the molecule is CCCCCCCCN(CCCCCCCC)C[C@H]1C[C@@H](c2ccc(CO)cc2)O[C@@H](c2ccc(NC(=O)CCCCCCC(=O)NO)cc2)O1. The maximum absolute atomic E-state index is 12.6. The number of rotatable bonds is 27. The second-order valence-corrected chi connectivity index (χ2v) is 14.3. The van der Waals surface area contributed by atoms with Crippen LogP contribution in [0, 0.1) is 0 Å². The first-order chi connectivity index (χ1) is 24.9. The number of carbonyl (C=O) groups excluding carboxylic acids is 2. The van der Waals surface area contributed by atoms with Gasteiger partial charge in [0.25, 0.3) is 0 Å². The van der Waals surface area contributed by atoms with E-state index in [1.54, 1.807) is 5.48 Å².